The summed E-state index contributed by atoms with van der Waals surface area (Å²) in [6.45, 7) is 2.34. The Morgan fingerprint density at radius 3 is 2.79 bits per heavy atom. The van der Waals surface area contributed by atoms with Gasteiger partial charge in [-0.3, -0.25) is 15.3 Å². The standard InChI is InChI=1S/C10H15NO3/c1-9-4-2-5-10(8-9)6-3-7-14-11(12)13/h2,4-5,8,12-13H,3,6-7H2,1H3. The molecule has 0 aromatic heterocycles. The van der Waals surface area contributed by atoms with E-state index in [4.69, 9.17) is 10.4 Å². The van der Waals surface area contributed by atoms with Gasteiger partial charge in [0, 0.05) is 0 Å². The first-order valence-electron chi connectivity index (χ1n) is 4.55. The molecule has 1 rings (SSSR count). The van der Waals surface area contributed by atoms with Crippen LogP contribution in [0.15, 0.2) is 24.3 Å². The van der Waals surface area contributed by atoms with Crippen LogP contribution in [0.5, 0.6) is 0 Å². The molecule has 14 heavy (non-hydrogen) atoms. The third-order valence-electron chi connectivity index (χ3n) is 1.90. The summed E-state index contributed by atoms with van der Waals surface area (Å²) >= 11 is 0. The van der Waals surface area contributed by atoms with E-state index in [1.165, 1.54) is 11.1 Å². The van der Waals surface area contributed by atoms with Crippen molar-refractivity contribution in [3.63, 3.8) is 0 Å². The summed E-state index contributed by atoms with van der Waals surface area (Å²) in [6, 6.07) is 8.21. The van der Waals surface area contributed by atoms with E-state index < -0.39 is 0 Å². The molecular formula is C10H15NO3. The first kappa shape index (κ1) is 11.1. The fourth-order valence-corrected chi connectivity index (χ4v) is 1.29. The minimum absolute atomic E-state index is 0.254. The zero-order chi connectivity index (χ0) is 10.4. The average molecular weight is 197 g/mol. The van der Waals surface area contributed by atoms with E-state index in [0.717, 1.165) is 12.8 Å². The van der Waals surface area contributed by atoms with E-state index in [0.29, 0.717) is 6.61 Å². The molecule has 0 aliphatic heterocycles. The first-order valence-corrected chi connectivity index (χ1v) is 4.55. The van der Waals surface area contributed by atoms with Crippen LogP contribution in [0.3, 0.4) is 0 Å². The van der Waals surface area contributed by atoms with Gasteiger partial charge in [0.05, 0.1) is 12.0 Å². The van der Waals surface area contributed by atoms with E-state index in [2.05, 4.69) is 10.9 Å². The molecule has 0 atom stereocenters. The largest absolute Gasteiger partial charge is 0.266 e. The lowest BCUT2D eigenvalue weighted by Gasteiger charge is -2.06. The summed E-state index contributed by atoms with van der Waals surface area (Å²) in [4.78, 5) is 4.44. The van der Waals surface area contributed by atoms with Crippen LogP contribution in [0.2, 0.25) is 0 Å². The van der Waals surface area contributed by atoms with Crippen LogP contribution >= 0.6 is 0 Å². The van der Waals surface area contributed by atoms with E-state index in [1.807, 2.05) is 25.1 Å². The molecule has 0 amide bonds. The molecule has 0 spiro atoms. The van der Waals surface area contributed by atoms with Crippen molar-refractivity contribution in [1.29, 1.82) is 0 Å². The monoisotopic (exact) mass is 197 g/mol. The fourth-order valence-electron chi connectivity index (χ4n) is 1.29. The highest BCUT2D eigenvalue weighted by molar-refractivity contribution is 5.22. The number of nitrogens with zero attached hydrogens (tertiary/aromatic N) is 1. The van der Waals surface area contributed by atoms with Crippen LogP contribution in [-0.4, -0.2) is 22.4 Å². The van der Waals surface area contributed by atoms with E-state index >= 15 is 0 Å². The van der Waals surface area contributed by atoms with Gasteiger partial charge in [0.2, 0.25) is 0 Å². The Hall–Kier alpha value is -0.940. The van der Waals surface area contributed by atoms with Crippen molar-refractivity contribution in [2.75, 3.05) is 6.61 Å². The van der Waals surface area contributed by atoms with Crippen molar-refractivity contribution in [3.8, 4) is 0 Å². The molecule has 0 saturated heterocycles. The zero-order valence-corrected chi connectivity index (χ0v) is 8.18. The molecule has 0 bridgehead atoms. The van der Waals surface area contributed by atoms with Crippen molar-refractivity contribution in [2.24, 2.45) is 0 Å². The molecule has 1 aromatic rings. The second-order valence-electron chi connectivity index (χ2n) is 3.18. The molecule has 0 unspecified atom stereocenters. The minimum Gasteiger partial charge on any atom is -0.266 e. The van der Waals surface area contributed by atoms with Gasteiger partial charge < -0.3 is 0 Å². The van der Waals surface area contributed by atoms with Crippen molar-refractivity contribution >= 4 is 0 Å². The van der Waals surface area contributed by atoms with Gasteiger partial charge in [0.25, 0.3) is 0 Å². The number of benzene rings is 1. The third kappa shape index (κ3) is 4.34. The van der Waals surface area contributed by atoms with Crippen molar-refractivity contribution in [1.82, 2.24) is 5.39 Å². The van der Waals surface area contributed by atoms with Crippen LogP contribution in [-0.2, 0) is 11.3 Å². The second kappa shape index (κ2) is 5.72. The molecule has 4 nitrogen and oxygen atoms in total. The lowest BCUT2D eigenvalue weighted by Crippen LogP contribution is -2.15. The van der Waals surface area contributed by atoms with Gasteiger partial charge in [-0.05, 0) is 25.3 Å². The molecule has 2 N–H and O–H groups in total. The number of aryl methyl sites for hydroxylation is 2. The maximum absolute atomic E-state index is 8.26. The predicted octanol–water partition coefficient (Wildman–Crippen LogP) is 1.94. The molecule has 0 radical (unpaired) electrons. The lowest BCUT2D eigenvalue weighted by molar-refractivity contribution is -0.492. The molecule has 78 valence electrons. The Kier molecular flexibility index (Phi) is 4.55. The highest BCUT2D eigenvalue weighted by Crippen LogP contribution is 2.06. The Morgan fingerprint density at radius 1 is 1.36 bits per heavy atom. The fraction of sp³-hybridized carbons (Fsp3) is 0.400. The molecule has 0 heterocycles. The number of hydrogen-bond acceptors (Lipinski definition) is 4. The van der Waals surface area contributed by atoms with Gasteiger partial charge >= 0.3 is 0 Å². The molecular weight excluding hydrogens is 182 g/mol. The molecule has 0 aliphatic carbocycles. The topological polar surface area (TPSA) is 52.9 Å². The van der Waals surface area contributed by atoms with Crippen LogP contribution in [0, 0.1) is 6.92 Å². The SMILES string of the molecule is Cc1cccc(CCCON(O)O)c1. The Labute approximate surface area is 83.2 Å². The molecule has 0 fully saturated rings. The second-order valence-corrected chi connectivity index (χ2v) is 3.18. The Bertz CT molecular complexity index is 276. The van der Waals surface area contributed by atoms with Gasteiger partial charge in [-0.25, -0.2) is 0 Å². The van der Waals surface area contributed by atoms with Crippen molar-refractivity contribution < 1.29 is 15.3 Å². The van der Waals surface area contributed by atoms with Gasteiger partial charge in [0.15, 0.2) is 0 Å². The van der Waals surface area contributed by atoms with Gasteiger partial charge in [-0.15, -0.1) is 0 Å². The van der Waals surface area contributed by atoms with Crippen molar-refractivity contribution in [2.45, 2.75) is 19.8 Å². The number of hydrogen-bond donors (Lipinski definition) is 2. The van der Waals surface area contributed by atoms with Crippen LogP contribution in [0.4, 0.5) is 0 Å². The predicted molar refractivity (Wildman–Crippen MR) is 50.9 cm³/mol. The van der Waals surface area contributed by atoms with Crippen LogP contribution in [0.1, 0.15) is 17.5 Å². The molecule has 0 saturated carbocycles. The van der Waals surface area contributed by atoms with E-state index in [1.54, 1.807) is 0 Å². The quantitative estimate of drug-likeness (QED) is 0.559. The normalized spacial score (nSPS) is 10.9. The molecule has 1 aromatic carbocycles. The lowest BCUT2D eigenvalue weighted by atomic mass is 10.1. The van der Waals surface area contributed by atoms with E-state index in [-0.39, 0.29) is 5.39 Å². The Morgan fingerprint density at radius 2 is 2.14 bits per heavy atom. The minimum atomic E-state index is -0.254. The maximum Gasteiger partial charge on any atom is 0.0739 e. The summed E-state index contributed by atoms with van der Waals surface area (Å²) in [6.07, 6.45) is 1.62. The van der Waals surface area contributed by atoms with Gasteiger partial charge in [-0.1, -0.05) is 29.8 Å². The van der Waals surface area contributed by atoms with Crippen LogP contribution < -0.4 is 0 Å². The number of rotatable bonds is 5. The summed E-state index contributed by atoms with van der Waals surface area (Å²) in [5, 5.41) is 16.3. The van der Waals surface area contributed by atoms with Gasteiger partial charge in [0.1, 0.15) is 0 Å². The summed E-state index contributed by atoms with van der Waals surface area (Å²) in [5.74, 6) is 0. The maximum atomic E-state index is 8.26. The molecule has 0 aliphatic rings. The van der Waals surface area contributed by atoms with Crippen LogP contribution in [0.25, 0.3) is 0 Å². The smallest absolute Gasteiger partial charge is 0.0739 e. The summed E-state index contributed by atoms with van der Waals surface area (Å²) < 4.78 is 0. The first-order chi connectivity index (χ1) is 6.68. The highest BCUT2D eigenvalue weighted by Gasteiger charge is 1.96. The third-order valence-corrected chi connectivity index (χ3v) is 1.90. The summed E-state index contributed by atoms with van der Waals surface area (Å²) in [5.41, 5.74) is 2.46. The summed E-state index contributed by atoms with van der Waals surface area (Å²) in [7, 11) is 0. The Balaban J connectivity index is 2.25. The van der Waals surface area contributed by atoms with E-state index in [9.17, 15) is 0 Å². The average Bonchev–Trinajstić information content (AvgIpc) is 2.12. The van der Waals surface area contributed by atoms with Gasteiger partial charge in [-0.2, -0.15) is 0 Å². The zero-order valence-electron chi connectivity index (χ0n) is 8.18. The highest BCUT2D eigenvalue weighted by atomic mass is 17.1. The van der Waals surface area contributed by atoms with Crippen molar-refractivity contribution in [3.05, 3.63) is 35.4 Å². The molecule has 4 heteroatoms.